The molecule has 2 heteroatoms. The molecule has 3 unspecified atom stereocenters. The van der Waals surface area contributed by atoms with Gasteiger partial charge in [-0.05, 0) is 73.5 Å². The third-order valence-electron chi connectivity index (χ3n) is 6.46. The van der Waals surface area contributed by atoms with Crippen molar-refractivity contribution in [3.05, 3.63) is 0 Å². The van der Waals surface area contributed by atoms with E-state index in [2.05, 4.69) is 6.92 Å². The summed E-state index contributed by atoms with van der Waals surface area (Å²) >= 11 is 0. The molecule has 0 aromatic heterocycles. The fourth-order valence-electron chi connectivity index (χ4n) is 6.37. The molecule has 17 heavy (non-hydrogen) atoms. The molecule has 5 fully saturated rings. The summed E-state index contributed by atoms with van der Waals surface area (Å²) in [5, 5.41) is 9.30. The number of hydrogen-bond donors (Lipinski definition) is 1. The standard InChI is InChI=1S/C15H22O2/c1-8-12(14(16)17)13(8)15-5-9-2-10(6-15)4-11(3-9)7-15/h8-13H,2-7H2,1H3,(H,16,17). The van der Waals surface area contributed by atoms with Crippen molar-refractivity contribution in [3.63, 3.8) is 0 Å². The minimum atomic E-state index is -0.529. The van der Waals surface area contributed by atoms with Gasteiger partial charge in [-0.1, -0.05) is 6.92 Å². The molecule has 0 radical (unpaired) electrons. The van der Waals surface area contributed by atoms with Crippen LogP contribution in [0.5, 0.6) is 0 Å². The minimum Gasteiger partial charge on any atom is -0.481 e. The number of carboxylic acids is 1. The summed E-state index contributed by atoms with van der Waals surface area (Å²) < 4.78 is 0. The molecule has 2 nitrogen and oxygen atoms in total. The van der Waals surface area contributed by atoms with Gasteiger partial charge in [0, 0.05) is 0 Å². The van der Waals surface area contributed by atoms with Crippen LogP contribution in [0.1, 0.15) is 45.4 Å². The van der Waals surface area contributed by atoms with Gasteiger partial charge in [0.05, 0.1) is 5.92 Å². The van der Waals surface area contributed by atoms with Gasteiger partial charge in [-0.15, -0.1) is 0 Å². The second-order valence-electron chi connectivity index (χ2n) is 7.53. The van der Waals surface area contributed by atoms with Crippen LogP contribution in [-0.4, -0.2) is 11.1 Å². The van der Waals surface area contributed by atoms with E-state index in [4.69, 9.17) is 0 Å². The first-order valence-corrected chi connectivity index (χ1v) is 7.32. The summed E-state index contributed by atoms with van der Waals surface area (Å²) in [6, 6.07) is 0. The highest BCUT2D eigenvalue weighted by Crippen LogP contribution is 2.70. The zero-order chi connectivity index (χ0) is 11.8. The maximum Gasteiger partial charge on any atom is 0.307 e. The number of aliphatic carboxylic acids is 1. The topological polar surface area (TPSA) is 37.3 Å². The fourth-order valence-corrected chi connectivity index (χ4v) is 6.37. The first-order valence-electron chi connectivity index (χ1n) is 7.32. The number of hydrogen-bond acceptors (Lipinski definition) is 1. The van der Waals surface area contributed by atoms with Crippen LogP contribution in [0.25, 0.3) is 0 Å². The number of carbonyl (C=O) groups is 1. The summed E-state index contributed by atoms with van der Waals surface area (Å²) in [6.07, 6.45) is 8.45. The molecule has 1 N–H and O–H groups in total. The maximum absolute atomic E-state index is 11.3. The van der Waals surface area contributed by atoms with Gasteiger partial charge in [0.1, 0.15) is 0 Å². The molecule has 0 spiro atoms. The molecule has 5 aliphatic carbocycles. The molecule has 3 atom stereocenters. The average molecular weight is 234 g/mol. The zero-order valence-electron chi connectivity index (χ0n) is 10.6. The van der Waals surface area contributed by atoms with Crippen LogP contribution in [0.2, 0.25) is 0 Å². The van der Waals surface area contributed by atoms with E-state index in [0.717, 1.165) is 17.8 Å². The fraction of sp³-hybridized carbons (Fsp3) is 0.933. The molecule has 5 aliphatic rings. The van der Waals surface area contributed by atoms with E-state index >= 15 is 0 Å². The Morgan fingerprint density at radius 3 is 1.88 bits per heavy atom. The largest absolute Gasteiger partial charge is 0.481 e. The summed E-state index contributed by atoms with van der Waals surface area (Å²) in [7, 11) is 0. The Bertz CT molecular complexity index is 338. The third-order valence-corrected chi connectivity index (χ3v) is 6.46. The van der Waals surface area contributed by atoms with E-state index < -0.39 is 5.97 Å². The molecule has 0 aromatic rings. The Morgan fingerprint density at radius 2 is 1.53 bits per heavy atom. The van der Waals surface area contributed by atoms with Crippen molar-refractivity contribution in [2.75, 3.05) is 0 Å². The van der Waals surface area contributed by atoms with Crippen molar-refractivity contribution in [2.45, 2.75) is 45.4 Å². The lowest BCUT2D eigenvalue weighted by atomic mass is 9.48. The van der Waals surface area contributed by atoms with Gasteiger partial charge in [0.2, 0.25) is 0 Å². The van der Waals surface area contributed by atoms with E-state index in [-0.39, 0.29) is 5.92 Å². The van der Waals surface area contributed by atoms with Crippen molar-refractivity contribution >= 4 is 5.97 Å². The second-order valence-corrected chi connectivity index (χ2v) is 7.53. The molecule has 5 rings (SSSR count). The Labute approximate surface area is 103 Å². The number of rotatable bonds is 2. The van der Waals surface area contributed by atoms with Crippen molar-refractivity contribution in [3.8, 4) is 0 Å². The molecular formula is C15H22O2. The van der Waals surface area contributed by atoms with E-state index in [1.165, 1.54) is 38.5 Å². The van der Waals surface area contributed by atoms with Gasteiger partial charge < -0.3 is 5.11 Å². The molecule has 0 aliphatic heterocycles. The smallest absolute Gasteiger partial charge is 0.307 e. The van der Waals surface area contributed by atoms with Crippen LogP contribution in [0.4, 0.5) is 0 Å². The SMILES string of the molecule is CC1C(C(=O)O)C1C12CC3CC(CC(C3)C1)C2. The first kappa shape index (κ1) is 10.4. The van der Waals surface area contributed by atoms with Gasteiger partial charge in [0.15, 0.2) is 0 Å². The Morgan fingerprint density at radius 1 is 1.06 bits per heavy atom. The highest BCUT2D eigenvalue weighted by molar-refractivity contribution is 5.74. The normalized spacial score (nSPS) is 59.4. The average Bonchev–Trinajstić information content (AvgIpc) is 2.88. The molecule has 0 amide bonds. The highest BCUT2D eigenvalue weighted by atomic mass is 16.4. The van der Waals surface area contributed by atoms with E-state index in [9.17, 15) is 9.90 Å². The van der Waals surface area contributed by atoms with Gasteiger partial charge in [0.25, 0.3) is 0 Å². The summed E-state index contributed by atoms with van der Waals surface area (Å²) in [5.74, 6) is 3.28. The summed E-state index contributed by atoms with van der Waals surface area (Å²) in [5.41, 5.74) is 0.456. The summed E-state index contributed by atoms with van der Waals surface area (Å²) in [6.45, 7) is 2.17. The lowest BCUT2D eigenvalue weighted by molar-refractivity contribution is -0.140. The van der Waals surface area contributed by atoms with Crippen LogP contribution in [0.15, 0.2) is 0 Å². The van der Waals surface area contributed by atoms with Crippen LogP contribution in [0.3, 0.4) is 0 Å². The molecule has 94 valence electrons. The number of carboxylic acid groups (broad SMARTS) is 1. The van der Waals surface area contributed by atoms with Gasteiger partial charge in [-0.25, -0.2) is 0 Å². The highest BCUT2D eigenvalue weighted by Gasteiger charge is 2.66. The molecule has 0 heterocycles. The molecule has 0 saturated heterocycles. The Balaban J connectivity index is 1.63. The quantitative estimate of drug-likeness (QED) is 0.796. The first-order chi connectivity index (χ1) is 8.09. The van der Waals surface area contributed by atoms with E-state index in [0.29, 0.717) is 17.3 Å². The minimum absolute atomic E-state index is 0.00810. The van der Waals surface area contributed by atoms with Gasteiger partial charge in [-0.3, -0.25) is 4.79 Å². The van der Waals surface area contributed by atoms with Gasteiger partial charge in [-0.2, -0.15) is 0 Å². The van der Waals surface area contributed by atoms with Crippen molar-refractivity contribution in [2.24, 2.45) is 40.9 Å². The van der Waals surface area contributed by atoms with E-state index in [1.807, 2.05) is 0 Å². The van der Waals surface area contributed by atoms with Gasteiger partial charge >= 0.3 is 5.97 Å². The lowest BCUT2D eigenvalue weighted by Gasteiger charge is -2.57. The molecule has 5 saturated carbocycles. The van der Waals surface area contributed by atoms with Crippen molar-refractivity contribution in [1.82, 2.24) is 0 Å². The molecular weight excluding hydrogens is 212 g/mol. The Hall–Kier alpha value is -0.530. The lowest BCUT2D eigenvalue weighted by Crippen LogP contribution is -2.47. The van der Waals surface area contributed by atoms with Crippen LogP contribution < -0.4 is 0 Å². The van der Waals surface area contributed by atoms with Crippen LogP contribution in [0, 0.1) is 40.9 Å². The predicted octanol–water partition coefficient (Wildman–Crippen LogP) is 3.17. The monoisotopic (exact) mass is 234 g/mol. The van der Waals surface area contributed by atoms with Crippen LogP contribution in [-0.2, 0) is 4.79 Å². The second kappa shape index (κ2) is 3.07. The van der Waals surface area contributed by atoms with Crippen molar-refractivity contribution in [1.29, 1.82) is 0 Å². The molecule has 4 bridgehead atoms. The predicted molar refractivity (Wildman–Crippen MR) is 64.4 cm³/mol. The maximum atomic E-state index is 11.3. The third kappa shape index (κ3) is 1.30. The van der Waals surface area contributed by atoms with Crippen LogP contribution >= 0.6 is 0 Å². The zero-order valence-corrected chi connectivity index (χ0v) is 10.6. The Kier molecular flexibility index (Phi) is 1.88. The molecule has 0 aromatic carbocycles. The summed E-state index contributed by atoms with van der Waals surface area (Å²) in [4.78, 5) is 11.3. The van der Waals surface area contributed by atoms with Crippen molar-refractivity contribution < 1.29 is 9.90 Å². The van der Waals surface area contributed by atoms with E-state index in [1.54, 1.807) is 0 Å².